The van der Waals surface area contributed by atoms with Crippen molar-refractivity contribution < 1.29 is 13.9 Å². The molecule has 1 aromatic heterocycles. The van der Waals surface area contributed by atoms with E-state index in [9.17, 15) is 0 Å². The molecular weight excluding hydrogens is 268 g/mol. The molecular formula is C16H20N2O3. The Hall–Kier alpha value is -2.43. The molecule has 5 nitrogen and oxygen atoms in total. The molecule has 0 saturated heterocycles. The van der Waals surface area contributed by atoms with Crippen molar-refractivity contribution in [3.8, 4) is 11.5 Å². The first kappa shape index (κ1) is 15.0. The summed E-state index contributed by atoms with van der Waals surface area (Å²) in [7, 11) is 3.24. The van der Waals surface area contributed by atoms with Crippen LogP contribution >= 0.6 is 0 Å². The Labute approximate surface area is 124 Å². The van der Waals surface area contributed by atoms with E-state index < -0.39 is 0 Å². The molecule has 1 aromatic carbocycles. The van der Waals surface area contributed by atoms with E-state index >= 15 is 0 Å². The summed E-state index contributed by atoms with van der Waals surface area (Å²) in [5, 5.41) is 4.14. The van der Waals surface area contributed by atoms with Gasteiger partial charge in [0.25, 0.3) is 0 Å². The Balaban J connectivity index is 1.91. The first-order chi connectivity index (χ1) is 10.3. The van der Waals surface area contributed by atoms with E-state index in [4.69, 9.17) is 13.9 Å². The monoisotopic (exact) mass is 288 g/mol. The van der Waals surface area contributed by atoms with Crippen molar-refractivity contribution in [2.24, 2.45) is 5.10 Å². The lowest BCUT2D eigenvalue weighted by molar-refractivity contribution is 0.354. The molecule has 0 radical (unpaired) electrons. The molecule has 1 N–H and O–H groups in total. The first-order valence-electron chi connectivity index (χ1n) is 6.82. The quantitative estimate of drug-likeness (QED) is 0.628. The summed E-state index contributed by atoms with van der Waals surface area (Å²) < 4.78 is 16.0. The minimum atomic E-state index is 0.595. The van der Waals surface area contributed by atoms with Crippen molar-refractivity contribution in [2.45, 2.75) is 19.9 Å². The lowest BCUT2D eigenvalue weighted by Crippen LogP contribution is -2.05. The van der Waals surface area contributed by atoms with Gasteiger partial charge in [-0.05, 0) is 29.8 Å². The van der Waals surface area contributed by atoms with E-state index in [1.54, 1.807) is 20.4 Å². The van der Waals surface area contributed by atoms with Crippen molar-refractivity contribution in [1.29, 1.82) is 0 Å². The van der Waals surface area contributed by atoms with Gasteiger partial charge in [-0.15, -0.1) is 0 Å². The van der Waals surface area contributed by atoms with Gasteiger partial charge in [-0.1, -0.05) is 13.0 Å². The van der Waals surface area contributed by atoms with Crippen LogP contribution in [0.25, 0.3) is 0 Å². The minimum absolute atomic E-state index is 0.595. The summed E-state index contributed by atoms with van der Waals surface area (Å²) in [5.74, 6) is 3.12. The number of aryl methyl sites for hydroxylation is 1. The van der Waals surface area contributed by atoms with Crippen molar-refractivity contribution in [3.63, 3.8) is 0 Å². The average Bonchev–Trinajstić information content (AvgIpc) is 2.99. The zero-order valence-electron chi connectivity index (χ0n) is 12.6. The largest absolute Gasteiger partial charge is 0.493 e. The minimum Gasteiger partial charge on any atom is -0.493 e. The molecule has 0 aliphatic heterocycles. The second kappa shape index (κ2) is 7.38. The number of rotatable bonds is 7. The molecule has 5 heteroatoms. The zero-order valence-corrected chi connectivity index (χ0v) is 12.6. The molecule has 0 amide bonds. The van der Waals surface area contributed by atoms with Gasteiger partial charge in [-0.3, -0.25) is 0 Å². The van der Waals surface area contributed by atoms with Crippen molar-refractivity contribution in [1.82, 2.24) is 5.43 Å². The Kier molecular flexibility index (Phi) is 5.26. The van der Waals surface area contributed by atoms with Gasteiger partial charge in [0.05, 0.1) is 27.0 Å². The van der Waals surface area contributed by atoms with E-state index in [1.165, 1.54) is 0 Å². The molecule has 0 aliphatic carbocycles. The number of hydrazone groups is 1. The van der Waals surface area contributed by atoms with Crippen LogP contribution in [-0.2, 0) is 13.0 Å². The van der Waals surface area contributed by atoms with Crippen LogP contribution in [-0.4, -0.2) is 20.4 Å². The third-order valence-corrected chi connectivity index (χ3v) is 3.05. The van der Waals surface area contributed by atoms with Crippen molar-refractivity contribution in [2.75, 3.05) is 14.2 Å². The van der Waals surface area contributed by atoms with Crippen LogP contribution in [0.15, 0.2) is 39.9 Å². The smallest absolute Gasteiger partial charge is 0.161 e. The third-order valence-electron chi connectivity index (χ3n) is 3.05. The molecule has 112 valence electrons. The molecule has 0 unspecified atom stereocenters. The fraction of sp³-hybridized carbons (Fsp3) is 0.312. The highest BCUT2D eigenvalue weighted by molar-refractivity contribution is 5.75. The summed E-state index contributed by atoms with van der Waals surface area (Å²) in [5.41, 5.74) is 4.03. The fourth-order valence-electron chi connectivity index (χ4n) is 1.89. The zero-order chi connectivity index (χ0) is 15.1. The highest BCUT2D eigenvalue weighted by atomic mass is 16.5. The Morgan fingerprint density at radius 2 is 1.95 bits per heavy atom. The molecule has 21 heavy (non-hydrogen) atoms. The normalized spacial score (nSPS) is 10.8. The Morgan fingerprint density at radius 3 is 2.62 bits per heavy atom. The summed E-state index contributed by atoms with van der Waals surface area (Å²) in [4.78, 5) is 0. The number of furan rings is 1. The fourth-order valence-corrected chi connectivity index (χ4v) is 1.89. The number of benzene rings is 1. The number of hydrogen-bond acceptors (Lipinski definition) is 5. The summed E-state index contributed by atoms with van der Waals surface area (Å²) >= 11 is 0. The molecule has 0 fully saturated rings. The number of nitrogens with one attached hydrogen (secondary N) is 1. The molecule has 0 spiro atoms. The summed E-state index contributed by atoms with van der Waals surface area (Å²) in [6.07, 6.45) is 2.55. The van der Waals surface area contributed by atoms with Crippen molar-refractivity contribution in [3.05, 3.63) is 47.4 Å². The third kappa shape index (κ3) is 4.02. The predicted octanol–water partition coefficient (Wildman–Crippen LogP) is 2.98. The van der Waals surface area contributed by atoms with Crippen molar-refractivity contribution >= 4 is 6.21 Å². The van der Waals surface area contributed by atoms with Gasteiger partial charge in [0.15, 0.2) is 11.5 Å². The van der Waals surface area contributed by atoms with E-state index in [0.29, 0.717) is 18.0 Å². The van der Waals surface area contributed by atoms with Crippen LogP contribution < -0.4 is 14.9 Å². The topological polar surface area (TPSA) is 56.0 Å². The van der Waals surface area contributed by atoms with Crippen LogP contribution in [0.2, 0.25) is 0 Å². The van der Waals surface area contributed by atoms with Gasteiger partial charge in [-0.2, -0.15) is 5.10 Å². The van der Waals surface area contributed by atoms with Crippen LogP contribution in [0.5, 0.6) is 11.5 Å². The molecule has 1 heterocycles. The van der Waals surface area contributed by atoms with E-state index in [1.807, 2.05) is 30.3 Å². The van der Waals surface area contributed by atoms with Gasteiger partial charge in [0.1, 0.15) is 11.5 Å². The van der Waals surface area contributed by atoms with Crippen LogP contribution in [0.4, 0.5) is 0 Å². The predicted molar refractivity (Wildman–Crippen MR) is 82.1 cm³/mol. The lowest BCUT2D eigenvalue weighted by atomic mass is 10.2. The number of ether oxygens (including phenoxy) is 2. The number of hydrogen-bond donors (Lipinski definition) is 1. The maximum Gasteiger partial charge on any atom is 0.161 e. The number of methoxy groups -OCH3 is 2. The second-order valence-corrected chi connectivity index (χ2v) is 4.44. The molecule has 0 atom stereocenters. The molecule has 0 bridgehead atoms. The highest BCUT2D eigenvalue weighted by Gasteiger charge is 2.03. The SMILES string of the molecule is CCc1ccc(/C=N/NCc2ccc(OC)c(OC)c2)o1. The van der Waals surface area contributed by atoms with Gasteiger partial charge >= 0.3 is 0 Å². The summed E-state index contributed by atoms with van der Waals surface area (Å²) in [6, 6.07) is 9.62. The van der Waals surface area contributed by atoms with Crippen LogP contribution in [0.1, 0.15) is 24.0 Å². The van der Waals surface area contributed by atoms with E-state index in [2.05, 4.69) is 17.5 Å². The first-order valence-corrected chi connectivity index (χ1v) is 6.82. The lowest BCUT2D eigenvalue weighted by Gasteiger charge is -2.09. The standard InChI is InChI=1S/C16H20N2O3/c1-4-13-6-7-14(21-13)11-18-17-10-12-5-8-15(19-2)16(9-12)20-3/h5-9,11,17H,4,10H2,1-3H3/b18-11+. The van der Waals surface area contributed by atoms with E-state index in [-0.39, 0.29) is 0 Å². The second-order valence-electron chi connectivity index (χ2n) is 4.44. The molecule has 0 saturated carbocycles. The Morgan fingerprint density at radius 1 is 1.14 bits per heavy atom. The molecule has 2 rings (SSSR count). The maximum atomic E-state index is 5.53. The highest BCUT2D eigenvalue weighted by Crippen LogP contribution is 2.27. The Bertz CT molecular complexity index is 605. The van der Waals surface area contributed by atoms with Crippen LogP contribution in [0, 0.1) is 0 Å². The number of nitrogens with zero attached hydrogens (tertiary/aromatic N) is 1. The van der Waals surface area contributed by atoms with Gasteiger partial charge in [-0.25, -0.2) is 0 Å². The van der Waals surface area contributed by atoms with Gasteiger partial charge in [0, 0.05) is 6.42 Å². The summed E-state index contributed by atoms with van der Waals surface area (Å²) in [6.45, 7) is 2.65. The van der Waals surface area contributed by atoms with E-state index in [0.717, 1.165) is 23.5 Å². The molecule has 0 aliphatic rings. The molecule has 2 aromatic rings. The maximum absolute atomic E-state index is 5.53. The van der Waals surface area contributed by atoms with Gasteiger partial charge in [0.2, 0.25) is 0 Å². The van der Waals surface area contributed by atoms with Crippen LogP contribution in [0.3, 0.4) is 0 Å². The average molecular weight is 288 g/mol. The van der Waals surface area contributed by atoms with Gasteiger partial charge < -0.3 is 19.3 Å².